The average Bonchev–Trinajstić information content (AvgIpc) is 2.85. The monoisotopic (exact) mass is 286 g/mol. The molecule has 0 fully saturated rings. The Morgan fingerprint density at radius 1 is 1.25 bits per heavy atom. The summed E-state index contributed by atoms with van der Waals surface area (Å²) in [5.74, 6) is -0.153. The second kappa shape index (κ2) is 5.24. The molecule has 2 aromatic rings. The van der Waals surface area contributed by atoms with Gasteiger partial charge in [-0.25, -0.2) is 0 Å². The number of benzene rings is 1. The van der Waals surface area contributed by atoms with E-state index in [9.17, 15) is 23.3 Å². The van der Waals surface area contributed by atoms with E-state index in [1.165, 1.54) is 24.3 Å². The lowest BCUT2D eigenvalue weighted by Gasteiger charge is -2.09. The van der Waals surface area contributed by atoms with Gasteiger partial charge in [-0.1, -0.05) is 6.07 Å². The molecule has 0 saturated carbocycles. The smallest absolute Gasteiger partial charge is 0.404 e. The molecule has 1 aromatic carbocycles. The fourth-order valence-corrected chi connectivity index (χ4v) is 1.55. The van der Waals surface area contributed by atoms with E-state index in [1.807, 2.05) is 0 Å². The SMILES string of the molecule is O=[N+]([O-])c1ccc(CNc2cccc(C(F)(F)F)c2)o1. The van der Waals surface area contributed by atoms with Crippen LogP contribution in [0, 0.1) is 10.1 Å². The molecule has 2 rings (SSSR count). The number of furan rings is 1. The third-order valence-corrected chi connectivity index (χ3v) is 2.48. The predicted molar refractivity (Wildman–Crippen MR) is 64.1 cm³/mol. The van der Waals surface area contributed by atoms with E-state index in [4.69, 9.17) is 4.42 Å². The fraction of sp³-hybridized carbons (Fsp3) is 0.167. The summed E-state index contributed by atoms with van der Waals surface area (Å²) in [6.07, 6.45) is -4.42. The first-order chi connectivity index (χ1) is 9.36. The summed E-state index contributed by atoms with van der Waals surface area (Å²) < 4.78 is 42.4. The highest BCUT2D eigenvalue weighted by molar-refractivity contribution is 5.46. The van der Waals surface area contributed by atoms with Gasteiger partial charge in [0.15, 0.2) is 0 Å². The molecule has 1 aromatic heterocycles. The lowest BCUT2D eigenvalue weighted by molar-refractivity contribution is -0.402. The molecular weight excluding hydrogens is 277 g/mol. The van der Waals surface area contributed by atoms with Crippen LogP contribution < -0.4 is 5.32 Å². The van der Waals surface area contributed by atoms with Gasteiger partial charge in [0.1, 0.15) is 10.7 Å². The Morgan fingerprint density at radius 3 is 2.60 bits per heavy atom. The molecule has 0 atom stereocenters. The molecule has 8 heteroatoms. The second-order valence-corrected chi connectivity index (χ2v) is 3.93. The largest absolute Gasteiger partial charge is 0.433 e. The lowest BCUT2D eigenvalue weighted by atomic mass is 10.2. The van der Waals surface area contributed by atoms with Gasteiger partial charge in [0, 0.05) is 5.69 Å². The molecule has 0 aliphatic rings. The van der Waals surface area contributed by atoms with Crippen LogP contribution in [0.2, 0.25) is 0 Å². The highest BCUT2D eigenvalue weighted by Crippen LogP contribution is 2.30. The molecule has 1 heterocycles. The molecular formula is C12H9F3N2O3. The minimum Gasteiger partial charge on any atom is -0.404 e. The molecule has 0 saturated heterocycles. The molecule has 0 amide bonds. The lowest BCUT2D eigenvalue weighted by Crippen LogP contribution is -2.06. The van der Waals surface area contributed by atoms with Crippen LogP contribution in [0.5, 0.6) is 0 Å². The minimum atomic E-state index is -4.42. The van der Waals surface area contributed by atoms with Crippen LogP contribution in [0.1, 0.15) is 11.3 Å². The van der Waals surface area contributed by atoms with Crippen molar-refractivity contribution in [2.45, 2.75) is 12.7 Å². The van der Waals surface area contributed by atoms with E-state index < -0.39 is 22.5 Å². The van der Waals surface area contributed by atoms with Crippen molar-refractivity contribution in [3.63, 3.8) is 0 Å². The van der Waals surface area contributed by atoms with Crippen molar-refractivity contribution in [2.75, 3.05) is 5.32 Å². The van der Waals surface area contributed by atoms with Gasteiger partial charge in [0.25, 0.3) is 0 Å². The standard InChI is InChI=1S/C12H9F3N2O3/c13-12(14,15)8-2-1-3-9(6-8)16-7-10-4-5-11(20-10)17(18)19/h1-6,16H,7H2. The summed E-state index contributed by atoms with van der Waals surface area (Å²) in [7, 11) is 0. The van der Waals surface area contributed by atoms with Gasteiger partial charge in [-0.05, 0) is 24.3 Å². The Balaban J connectivity index is 2.05. The fourth-order valence-electron chi connectivity index (χ4n) is 1.55. The van der Waals surface area contributed by atoms with Crippen LogP contribution >= 0.6 is 0 Å². The van der Waals surface area contributed by atoms with Gasteiger partial charge in [-0.15, -0.1) is 0 Å². The van der Waals surface area contributed by atoms with Crippen LogP contribution in [-0.4, -0.2) is 4.92 Å². The van der Waals surface area contributed by atoms with Crippen LogP contribution in [0.25, 0.3) is 0 Å². The Kier molecular flexibility index (Phi) is 3.64. The number of nitrogens with one attached hydrogen (secondary N) is 1. The van der Waals surface area contributed by atoms with E-state index >= 15 is 0 Å². The highest BCUT2D eigenvalue weighted by atomic mass is 19.4. The number of anilines is 1. The predicted octanol–water partition coefficient (Wildman–Crippen LogP) is 3.82. The normalized spacial score (nSPS) is 11.3. The first-order valence-corrected chi connectivity index (χ1v) is 5.50. The second-order valence-electron chi connectivity index (χ2n) is 3.93. The minimum absolute atomic E-state index is 0.0507. The Hall–Kier alpha value is -2.51. The number of hydrogen-bond acceptors (Lipinski definition) is 4. The summed E-state index contributed by atoms with van der Waals surface area (Å²) in [6.45, 7) is 0.0507. The summed E-state index contributed by atoms with van der Waals surface area (Å²) in [6, 6.07) is 7.23. The van der Waals surface area contributed by atoms with Gasteiger partial charge in [0.2, 0.25) is 0 Å². The first kappa shape index (κ1) is 13.9. The molecule has 0 aliphatic heterocycles. The van der Waals surface area contributed by atoms with E-state index in [0.717, 1.165) is 12.1 Å². The van der Waals surface area contributed by atoms with Crippen LogP contribution in [0.4, 0.5) is 24.7 Å². The van der Waals surface area contributed by atoms with Crippen molar-refractivity contribution in [1.82, 2.24) is 0 Å². The average molecular weight is 286 g/mol. The number of nitrogens with zero attached hydrogens (tertiary/aromatic N) is 1. The van der Waals surface area contributed by atoms with Crippen molar-refractivity contribution in [3.05, 3.63) is 57.8 Å². The molecule has 0 unspecified atom stereocenters. The number of alkyl halides is 3. The zero-order chi connectivity index (χ0) is 14.8. The Labute approximate surface area is 111 Å². The summed E-state index contributed by atoms with van der Waals surface area (Å²) in [4.78, 5) is 9.72. The maximum atomic E-state index is 12.5. The van der Waals surface area contributed by atoms with Gasteiger partial charge in [0.05, 0.1) is 18.2 Å². The van der Waals surface area contributed by atoms with E-state index in [1.54, 1.807) is 0 Å². The van der Waals surface area contributed by atoms with Gasteiger partial charge in [-0.2, -0.15) is 13.2 Å². The zero-order valence-electron chi connectivity index (χ0n) is 9.98. The number of halogens is 3. The molecule has 0 bridgehead atoms. The molecule has 20 heavy (non-hydrogen) atoms. The van der Waals surface area contributed by atoms with Gasteiger partial charge in [-0.3, -0.25) is 10.1 Å². The van der Waals surface area contributed by atoms with Crippen molar-refractivity contribution in [3.8, 4) is 0 Å². The summed E-state index contributed by atoms with van der Waals surface area (Å²) in [5, 5.41) is 13.1. The van der Waals surface area contributed by atoms with Gasteiger partial charge >= 0.3 is 12.1 Å². The summed E-state index contributed by atoms with van der Waals surface area (Å²) in [5.41, 5.74) is -0.521. The van der Waals surface area contributed by atoms with Crippen LogP contribution in [0.15, 0.2) is 40.8 Å². The number of nitro groups is 1. The molecule has 1 N–H and O–H groups in total. The third-order valence-electron chi connectivity index (χ3n) is 2.48. The van der Waals surface area contributed by atoms with Crippen molar-refractivity contribution in [1.29, 1.82) is 0 Å². The molecule has 0 radical (unpaired) electrons. The van der Waals surface area contributed by atoms with Crippen LogP contribution in [0.3, 0.4) is 0 Å². The molecule has 5 nitrogen and oxygen atoms in total. The Bertz CT molecular complexity index is 622. The molecule has 106 valence electrons. The quantitative estimate of drug-likeness (QED) is 0.685. The van der Waals surface area contributed by atoms with E-state index in [0.29, 0.717) is 0 Å². The highest BCUT2D eigenvalue weighted by Gasteiger charge is 2.30. The summed E-state index contributed by atoms with van der Waals surface area (Å²) >= 11 is 0. The molecule has 0 aliphatic carbocycles. The van der Waals surface area contributed by atoms with E-state index in [-0.39, 0.29) is 18.0 Å². The van der Waals surface area contributed by atoms with Crippen molar-refractivity contribution >= 4 is 11.6 Å². The molecule has 0 spiro atoms. The number of hydrogen-bond donors (Lipinski definition) is 1. The van der Waals surface area contributed by atoms with E-state index in [2.05, 4.69) is 5.32 Å². The van der Waals surface area contributed by atoms with Gasteiger partial charge < -0.3 is 9.73 Å². The maximum absolute atomic E-state index is 12.5. The zero-order valence-corrected chi connectivity index (χ0v) is 9.98. The van der Waals surface area contributed by atoms with Crippen LogP contribution in [-0.2, 0) is 12.7 Å². The number of rotatable bonds is 4. The van der Waals surface area contributed by atoms with Crippen molar-refractivity contribution in [2.24, 2.45) is 0 Å². The van der Waals surface area contributed by atoms with Crippen molar-refractivity contribution < 1.29 is 22.5 Å². The first-order valence-electron chi connectivity index (χ1n) is 5.50. The Morgan fingerprint density at radius 2 is 2.00 bits per heavy atom. The topological polar surface area (TPSA) is 68.3 Å². The third kappa shape index (κ3) is 3.28. The maximum Gasteiger partial charge on any atom is 0.433 e.